The van der Waals surface area contributed by atoms with E-state index in [2.05, 4.69) is 21.9 Å². The Morgan fingerprint density at radius 1 is 1.25 bits per heavy atom. The molecule has 168 valence electrons. The highest BCUT2D eigenvalue weighted by Gasteiger charge is 2.46. The number of aryl methyl sites for hydroxylation is 1. The molecule has 5 rings (SSSR count). The Balaban J connectivity index is 1.25. The van der Waals surface area contributed by atoms with Crippen LogP contribution >= 0.6 is 0 Å². The topological polar surface area (TPSA) is 89.5 Å². The number of hydrogen-bond acceptors (Lipinski definition) is 6. The lowest BCUT2D eigenvalue weighted by Gasteiger charge is -2.28. The van der Waals surface area contributed by atoms with Gasteiger partial charge in [-0.3, -0.25) is 9.79 Å². The van der Waals surface area contributed by atoms with Crippen LogP contribution < -0.4 is 10.7 Å². The standard InChI is InChI=1S/C25H30N4O3/c1-17-12-19(5-4-18-2-3-18)6-9-22(17)29(20-7-8-20)24(30)21(28-26)13-27-14-23-31-15-25(10-11-25)16-32-23/h6,9,12-13,18,20,23H,2-3,7-8,10-11,14-16,26H2,1H3/b27-13?,28-21+. The van der Waals surface area contributed by atoms with Crippen molar-refractivity contribution >= 4 is 23.5 Å². The first-order chi connectivity index (χ1) is 15.6. The van der Waals surface area contributed by atoms with Gasteiger partial charge in [0.25, 0.3) is 5.91 Å². The number of hydrazone groups is 1. The van der Waals surface area contributed by atoms with E-state index in [1.807, 2.05) is 25.1 Å². The molecule has 3 saturated carbocycles. The molecule has 1 aliphatic heterocycles. The molecule has 0 radical (unpaired) electrons. The third-order valence-electron chi connectivity index (χ3n) is 6.52. The maximum absolute atomic E-state index is 13.3. The molecule has 32 heavy (non-hydrogen) atoms. The summed E-state index contributed by atoms with van der Waals surface area (Å²) in [7, 11) is 0. The van der Waals surface area contributed by atoms with Crippen molar-refractivity contribution in [3.05, 3.63) is 29.3 Å². The largest absolute Gasteiger partial charge is 0.350 e. The van der Waals surface area contributed by atoms with Gasteiger partial charge in [0.1, 0.15) is 0 Å². The van der Waals surface area contributed by atoms with Crippen LogP contribution in [0.4, 0.5) is 5.69 Å². The first kappa shape index (κ1) is 21.2. The van der Waals surface area contributed by atoms with Crippen molar-refractivity contribution in [1.82, 2.24) is 0 Å². The van der Waals surface area contributed by atoms with Crippen molar-refractivity contribution < 1.29 is 14.3 Å². The molecule has 4 fully saturated rings. The summed E-state index contributed by atoms with van der Waals surface area (Å²) in [5.74, 6) is 12.4. The third-order valence-corrected chi connectivity index (χ3v) is 6.52. The Bertz CT molecular complexity index is 1000. The second-order valence-electron chi connectivity index (χ2n) is 9.51. The molecule has 0 atom stereocenters. The molecule has 1 heterocycles. The smallest absolute Gasteiger partial charge is 0.280 e. The van der Waals surface area contributed by atoms with Crippen LogP contribution in [0, 0.1) is 30.1 Å². The van der Waals surface area contributed by atoms with Crippen LogP contribution in [-0.2, 0) is 14.3 Å². The summed E-state index contributed by atoms with van der Waals surface area (Å²) in [6.45, 7) is 3.77. The number of amides is 1. The lowest BCUT2D eigenvalue weighted by Crippen LogP contribution is -2.40. The Labute approximate surface area is 189 Å². The molecule has 0 aromatic heterocycles. The number of rotatable bonds is 6. The second-order valence-corrected chi connectivity index (χ2v) is 9.51. The minimum Gasteiger partial charge on any atom is -0.350 e. The number of hydrogen-bond donors (Lipinski definition) is 1. The summed E-state index contributed by atoms with van der Waals surface area (Å²) < 4.78 is 11.5. The van der Waals surface area contributed by atoms with Crippen LogP contribution in [0.2, 0.25) is 0 Å². The zero-order chi connectivity index (χ0) is 22.1. The molecule has 1 amide bonds. The molecule has 0 bridgehead atoms. The van der Waals surface area contributed by atoms with Gasteiger partial charge in [0.2, 0.25) is 0 Å². The molecule has 1 saturated heterocycles. The SMILES string of the molecule is Cc1cc(C#CC2CC2)ccc1N(C(=O)/C(C=NCC1OCC2(CC2)CO1)=N/N)C1CC1. The van der Waals surface area contributed by atoms with E-state index in [0.29, 0.717) is 12.5 Å². The Hall–Kier alpha value is -2.69. The number of nitrogens with zero attached hydrogens (tertiary/aromatic N) is 3. The molecule has 1 spiro atoms. The highest BCUT2D eigenvalue weighted by atomic mass is 16.7. The van der Waals surface area contributed by atoms with Gasteiger partial charge in [0.05, 0.1) is 26.0 Å². The number of carbonyl (C=O) groups excluding carboxylic acids is 1. The summed E-state index contributed by atoms with van der Waals surface area (Å²) in [6.07, 6.45) is 7.75. The van der Waals surface area contributed by atoms with Crippen LogP contribution in [0.15, 0.2) is 28.3 Å². The predicted molar refractivity (Wildman–Crippen MR) is 124 cm³/mol. The fourth-order valence-corrected chi connectivity index (χ4v) is 3.91. The minimum absolute atomic E-state index is 0.128. The Morgan fingerprint density at radius 2 is 2.00 bits per heavy atom. The Kier molecular flexibility index (Phi) is 5.75. The van der Waals surface area contributed by atoms with E-state index >= 15 is 0 Å². The van der Waals surface area contributed by atoms with Gasteiger partial charge in [-0.25, -0.2) is 0 Å². The zero-order valence-corrected chi connectivity index (χ0v) is 18.5. The summed E-state index contributed by atoms with van der Waals surface area (Å²) in [6, 6.07) is 6.17. The zero-order valence-electron chi connectivity index (χ0n) is 18.5. The average Bonchev–Trinajstić information content (AvgIpc) is 3.66. The maximum atomic E-state index is 13.3. The van der Waals surface area contributed by atoms with Crippen LogP contribution in [0.1, 0.15) is 49.7 Å². The maximum Gasteiger partial charge on any atom is 0.280 e. The van der Waals surface area contributed by atoms with E-state index in [4.69, 9.17) is 15.3 Å². The van der Waals surface area contributed by atoms with Crippen molar-refractivity contribution in [2.45, 2.75) is 57.8 Å². The first-order valence-corrected chi connectivity index (χ1v) is 11.5. The predicted octanol–water partition coefficient (Wildman–Crippen LogP) is 2.79. The molecule has 7 heteroatoms. The van der Waals surface area contributed by atoms with E-state index in [9.17, 15) is 4.79 Å². The summed E-state index contributed by atoms with van der Waals surface area (Å²) >= 11 is 0. The van der Waals surface area contributed by atoms with Gasteiger partial charge in [0.15, 0.2) is 12.0 Å². The van der Waals surface area contributed by atoms with Gasteiger partial charge in [-0.1, -0.05) is 11.8 Å². The van der Waals surface area contributed by atoms with Gasteiger partial charge in [-0.2, -0.15) is 5.10 Å². The summed E-state index contributed by atoms with van der Waals surface area (Å²) in [4.78, 5) is 19.5. The number of nitrogens with two attached hydrogens (primary N) is 1. The van der Waals surface area contributed by atoms with Gasteiger partial charge < -0.3 is 20.2 Å². The van der Waals surface area contributed by atoms with Gasteiger partial charge in [-0.05, 0) is 69.2 Å². The molecule has 7 nitrogen and oxygen atoms in total. The quantitative estimate of drug-likeness (QED) is 0.323. The van der Waals surface area contributed by atoms with Crippen LogP contribution in [0.5, 0.6) is 0 Å². The highest BCUT2D eigenvalue weighted by Crippen LogP contribution is 2.48. The number of anilines is 1. The molecule has 4 aliphatic rings. The Morgan fingerprint density at radius 3 is 2.59 bits per heavy atom. The van der Waals surface area contributed by atoms with E-state index < -0.39 is 0 Å². The average molecular weight is 435 g/mol. The number of benzene rings is 1. The molecule has 3 aliphatic carbocycles. The normalized spacial score (nSPS) is 22.6. The van der Waals surface area contributed by atoms with E-state index in [0.717, 1.165) is 42.9 Å². The fraction of sp³-hybridized carbons (Fsp3) is 0.560. The second kappa shape index (κ2) is 8.68. The molecule has 1 aromatic carbocycles. The fourth-order valence-electron chi connectivity index (χ4n) is 3.91. The molecule has 2 N–H and O–H groups in total. The van der Waals surface area contributed by atoms with E-state index in [1.165, 1.54) is 31.9 Å². The molecular weight excluding hydrogens is 404 g/mol. The van der Waals surface area contributed by atoms with Crippen molar-refractivity contribution in [1.29, 1.82) is 0 Å². The highest BCUT2D eigenvalue weighted by molar-refractivity contribution is 6.63. The molecule has 0 unspecified atom stereocenters. The first-order valence-electron chi connectivity index (χ1n) is 11.5. The lowest BCUT2D eigenvalue weighted by molar-refractivity contribution is -0.201. The van der Waals surface area contributed by atoms with Crippen molar-refractivity contribution in [2.75, 3.05) is 24.7 Å². The third kappa shape index (κ3) is 4.87. The number of ether oxygens (including phenoxy) is 2. The molecular formula is C25H30N4O3. The molecule has 1 aromatic rings. The summed E-state index contributed by atoms with van der Waals surface area (Å²) in [5, 5.41) is 3.74. The van der Waals surface area contributed by atoms with Crippen LogP contribution in [-0.4, -0.2) is 49.9 Å². The minimum atomic E-state index is -0.377. The van der Waals surface area contributed by atoms with Gasteiger partial charge >= 0.3 is 0 Å². The summed E-state index contributed by atoms with van der Waals surface area (Å²) in [5.41, 5.74) is 3.25. The number of carbonyl (C=O) groups is 1. The van der Waals surface area contributed by atoms with Crippen LogP contribution in [0.25, 0.3) is 0 Å². The van der Waals surface area contributed by atoms with E-state index in [-0.39, 0.29) is 29.4 Å². The number of aliphatic imine (C=N–C) groups is 1. The van der Waals surface area contributed by atoms with Crippen LogP contribution in [0.3, 0.4) is 0 Å². The lowest BCUT2D eigenvalue weighted by atomic mass is 10.1. The van der Waals surface area contributed by atoms with Crippen molar-refractivity contribution in [2.24, 2.45) is 27.3 Å². The van der Waals surface area contributed by atoms with Crippen molar-refractivity contribution in [3.8, 4) is 11.8 Å². The van der Waals surface area contributed by atoms with Gasteiger partial charge in [0, 0.05) is 28.6 Å². The van der Waals surface area contributed by atoms with E-state index in [1.54, 1.807) is 4.90 Å². The van der Waals surface area contributed by atoms with Crippen molar-refractivity contribution in [3.63, 3.8) is 0 Å². The monoisotopic (exact) mass is 434 g/mol. The van der Waals surface area contributed by atoms with Gasteiger partial charge in [-0.15, -0.1) is 0 Å².